The topological polar surface area (TPSA) is 200 Å². The Morgan fingerprint density at radius 1 is 0.724 bits per heavy atom. The van der Waals surface area contributed by atoms with Crippen LogP contribution in [0.4, 0.5) is 20.2 Å². The van der Waals surface area contributed by atoms with Crippen molar-refractivity contribution in [2.45, 2.75) is 83.3 Å². The number of rotatable bonds is 27. The summed E-state index contributed by atoms with van der Waals surface area (Å²) >= 11 is 0.955. The molecule has 6 aromatic carbocycles. The van der Waals surface area contributed by atoms with Gasteiger partial charge in [0.1, 0.15) is 17.4 Å². The molecule has 0 aromatic heterocycles. The number of hydrogen-bond donors (Lipinski definition) is 5. The zero-order valence-electron chi connectivity index (χ0n) is 44.4. The minimum atomic E-state index is -3.49. The summed E-state index contributed by atoms with van der Waals surface area (Å²) < 4.78 is 70.7. The smallest absolute Gasteiger partial charge is 0.251 e. The number of amides is 1. The molecule has 0 bridgehead atoms. The van der Waals surface area contributed by atoms with E-state index in [1.54, 1.807) is 66.0 Å². The highest BCUT2D eigenvalue weighted by Crippen LogP contribution is 2.29. The molecule has 0 aliphatic carbocycles. The van der Waals surface area contributed by atoms with E-state index in [-0.39, 0.29) is 56.1 Å². The van der Waals surface area contributed by atoms with Gasteiger partial charge in [-0.25, -0.2) is 22.1 Å². The maximum atomic E-state index is 13.3. The van der Waals surface area contributed by atoms with E-state index in [2.05, 4.69) is 15.7 Å². The number of hydroxylamine groups is 1. The largest absolute Gasteiger partial charge is 0.408 e. The number of hydrogen-bond acceptors (Lipinski definition) is 14. The number of halogens is 2. The number of aryl methyl sites for hydroxylation is 1. The molecular formula is C57H72F2N6O9S2. The molecule has 6 rings (SSSR count). The van der Waals surface area contributed by atoms with E-state index < -0.39 is 21.1 Å². The molecule has 15 nitrogen and oxygen atoms in total. The molecule has 4 atom stereocenters. The van der Waals surface area contributed by atoms with Crippen LogP contribution in [0.2, 0.25) is 0 Å². The number of anilines is 2. The molecule has 7 N–H and O–H groups in total. The van der Waals surface area contributed by atoms with Crippen LogP contribution in [0.1, 0.15) is 88.6 Å². The van der Waals surface area contributed by atoms with Gasteiger partial charge < -0.3 is 36.2 Å². The lowest BCUT2D eigenvalue weighted by Gasteiger charge is -2.28. The van der Waals surface area contributed by atoms with E-state index >= 15 is 0 Å². The van der Waals surface area contributed by atoms with E-state index in [1.165, 1.54) is 42.7 Å². The third-order valence-electron chi connectivity index (χ3n) is 12.4. The first-order valence-corrected chi connectivity index (χ1v) is 27.2. The quantitative estimate of drug-likeness (QED) is 0.0141. The number of carbonyl (C=O) groups is 1. The molecule has 1 amide bonds. The second kappa shape index (κ2) is 29.0. The van der Waals surface area contributed by atoms with Crippen LogP contribution in [0.15, 0.2) is 140 Å². The van der Waals surface area contributed by atoms with Crippen LogP contribution in [-0.4, -0.2) is 77.8 Å². The molecule has 0 aliphatic heterocycles. The van der Waals surface area contributed by atoms with Gasteiger partial charge in [0.05, 0.1) is 69.7 Å². The third-order valence-corrected chi connectivity index (χ3v) is 14.3. The summed E-state index contributed by atoms with van der Waals surface area (Å²) in [5, 5.41) is 13.0. The van der Waals surface area contributed by atoms with Crippen LogP contribution in [-0.2, 0) is 54.8 Å². The monoisotopic (exact) mass is 1090 g/mol. The Morgan fingerprint density at radius 2 is 1.29 bits per heavy atom. The average molecular weight is 1090 g/mol. The molecule has 410 valence electrons. The maximum Gasteiger partial charge on any atom is 0.251 e. The number of benzene rings is 6. The fourth-order valence-corrected chi connectivity index (χ4v) is 8.68. The first-order valence-electron chi connectivity index (χ1n) is 24.6. The predicted molar refractivity (Wildman–Crippen MR) is 297 cm³/mol. The summed E-state index contributed by atoms with van der Waals surface area (Å²) in [7, 11) is 1.16. The highest BCUT2D eigenvalue weighted by atomic mass is 32.2. The molecule has 19 heteroatoms. The molecule has 0 heterocycles. The highest BCUT2D eigenvalue weighted by Gasteiger charge is 2.27. The van der Waals surface area contributed by atoms with Gasteiger partial charge in [0, 0.05) is 37.0 Å². The van der Waals surface area contributed by atoms with E-state index in [0.29, 0.717) is 42.1 Å². The van der Waals surface area contributed by atoms with Gasteiger partial charge in [-0.3, -0.25) is 13.4 Å². The van der Waals surface area contributed by atoms with Crippen molar-refractivity contribution >= 4 is 39.5 Å². The summed E-state index contributed by atoms with van der Waals surface area (Å²) in [4.78, 5) is 23.7. The van der Waals surface area contributed by atoms with Crippen molar-refractivity contribution in [3.63, 3.8) is 0 Å². The molecule has 0 aliphatic rings. The van der Waals surface area contributed by atoms with Crippen molar-refractivity contribution in [3.8, 4) is 5.75 Å². The number of nitrogens with zero attached hydrogens (tertiary/aromatic N) is 2. The Labute approximate surface area is 451 Å². The van der Waals surface area contributed by atoms with Gasteiger partial charge in [-0.1, -0.05) is 91.3 Å². The summed E-state index contributed by atoms with van der Waals surface area (Å²) in [5.41, 5.74) is 22.4. The number of aliphatic hydroxyl groups is 1. The normalized spacial score (nSPS) is 13.8. The van der Waals surface area contributed by atoms with Crippen molar-refractivity contribution < 1.29 is 50.6 Å². The van der Waals surface area contributed by atoms with Gasteiger partial charge in [-0.15, -0.1) is 9.81 Å². The Bertz CT molecular complexity index is 2870. The molecule has 0 radical (unpaired) electrons. The molecule has 76 heavy (non-hydrogen) atoms. The number of ether oxygens (including phenoxy) is 2. The third kappa shape index (κ3) is 19.6. The van der Waals surface area contributed by atoms with Gasteiger partial charge >= 0.3 is 0 Å². The number of nitrogens with one attached hydrogen (secondary N) is 2. The van der Waals surface area contributed by atoms with E-state index in [0.717, 1.165) is 63.8 Å². The van der Waals surface area contributed by atoms with Crippen molar-refractivity contribution in [2.75, 3.05) is 55.9 Å². The summed E-state index contributed by atoms with van der Waals surface area (Å²) in [6.45, 7) is 8.34. The van der Waals surface area contributed by atoms with E-state index in [1.807, 2.05) is 88.4 Å². The van der Waals surface area contributed by atoms with Crippen LogP contribution in [0.3, 0.4) is 0 Å². The van der Waals surface area contributed by atoms with Gasteiger partial charge in [0.2, 0.25) is 10.0 Å². The minimum absolute atomic E-state index is 0.113. The molecule has 0 saturated carbocycles. The Kier molecular flexibility index (Phi) is 23.2. The van der Waals surface area contributed by atoms with E-state index in [4.69, 9.17) is 30.1 Å². The summed E-state index contributed by atoms with van der Waals surface area (Å²) in [6.07, 6.45) is 3.01. The summed E-state index contributed by atoms with van der Waals surface area (Å²) in [6, 6.07) is 40.0. The average Bonchev–Trinajstić information content (AvgIpc) is 3.39. The minimum Gasteiger partial charge on any atom is -0.408 e. The van der Waals surface area contributed by atoms with Gasteiger partial charge in [-0.05, 0) is 128 Å². The second-order valence-electron chi connectivity index (χ2n) is 19.1. The van der Waals surface area contributed by atoms with Gasteiger partial charge in [0.15, 0.2) is 12.2 Å². The maximum absolute atomic E-state index is 13.3. The zero-order chi connectivity index (χ0) is 55.5. The standard InChI is InChI=1S/C29H36FN3O5S.C28H36FN3O4S/c1-20-6-5-7-22(12-20)16-29(31,18-34)19-37-17-23-13-25(15-27(14-23)33(3)39-38-36-4)28(35)32-21(2)24-8-10-26(30)11-9-24;1-5-28(30,18-22-9-7-6-8-10-22)20-35-19-23-15-26(32(3)37(4,33)34)17-27(16-23)36-31-21(2)24-11-13-25(29)14-12-24/h5-15,21,34H,16-19,31H2,1-4H3,(H,32,35);6-17,21,31H,5,18-20,30H2,1-4H3/t21-,29?;21-,28?/m11/s1. The van der Waals surface area contributed by atoms with Gasteiger partial charge in [-0.2, -0.15) is 0 Å². The number of aliphatic hydroxyl groups excluding tert-OH is 1. The lowest BCUT2D eigenvalue weighted by atomic mass is 9.90. The fraction of sp³-hybridized carbons (Fsp3) is 0.351. The molecule has 0 fully saturated rings. The van der Waals surface area contributed by atoms with Crippen molar-refractivity contribution in [1.82, 2.24) is 10.8 Å². The Hall–Kier alpha value is -5.97. The fourth-order valence-electron chi connectivity index (χ4n) is 7.84. The van der Waals surface area contributed by atoms with Crippen molar-refractivity contribution in [2.24, 2.45) is 11.5 Å². The predicted octanol–water partition coefficient (Wildman–Crippen LogP) is 9.38. The molecule has 0 saturated heterocycles. The van der Waals surface area contributed by atoms with Crippen molar-refractivity contribution in [1.29, 1.82) is 0 Å². The SMILES string of the molecule is CCC(N)(COCc1cc(ON[C@H](C)c2ccc(F)cc2)cc(N(C)S(C)(=O)=O)c1)Cc1ccccc1.COOSN(C)c1cc(COCC(N)(CO)Cc2cccc(C)c2)cc(C(=O)N[C@H](C)c2ccc(F)cc2)c1. The number of nitrogens with two attached hydrogens (primary N) is 2. The zero-order valence-corrected chi connectivity index (χ0v) is 46.1. The number of carbonyl (C=O) groups excluding carboxylic acids is 1. The van der Waals surface area contributed by atoms with Crippen LogP contribution in [0.5, 0.6) is 5.75 Å². The second-order valence-corrected chi connectivity index (χ2v) is 21.9. The van der Waals surface area contributed by atoms with Crippen LogP contribution in [0, 0.1) is 18.6 Å². The van der Waals surface area contributed by atoms with Crippen LogP contribution in [0.25, 0.3) is 0 Å². The lowest BCUT2D eigenvalue weighted by molar-refractivity contribution is -0.160. The number of sulfonamides is 1. The van der Waals surface area contributed by atoms with E-state index in [9.17, 15) is 27.1 Å². The Morgan fingerprint density at radius 3 is 1.87 bits per heavy atom. The summed E-state index contributed by atoms with van der Waals surface area (Å²) in [5.74, 6) is -0.537. The molecule has 2 unspecified atom stereocenters. The Balaban J connectivity index is 0.000000281. The highest BCUT2D eigenvalue weighted by molar-refractivity contribution is 7.95. The molecule has 6 aromatic rings. The molecule has 0 spiro atoms. The van der Waals surface area contributed by atoms with Crippen LogP contribution >= 0.6 is 12.2 Å². The van der Waals surface area contributed by atoms with Crippen molar-refractivity contribution in [3.05, 3.63) is 196 Å². The lowest BCUT2D eigenvalue weighted by Crippen LogP contribution is -2.50. The molecular weight excluding hydrogens is 1010 g/mol. The first-order chi connectivity index (χ1) is 36.1. The van der Waals surface area contributed by atoms with Gasteiger partial charge in [0.25, 0.3) is 5.91 Å². The van der Waals surface area contributed by atoms with Crippen LogP contribution < -0.4 is 35.7 Å². The first kappa shape index (κ1) is 60.9.